The van der Waals surface area contributed by atoms with Crippen LogP contribution in [0.1, 0.15) is 0 Å². The third-order valence-electron chi connectivity index (χ3n) is 3.01. The van der Waals surface area contributed by atoms with Gasteiger partial charge >= 0.3 is 0 Å². The van der Waals surface area contributed by atoms with Gasteiger partial charge in [0.05, 0.1) is 4.90 Å². The summed E-state index contributed by atoms with van der Waals surface area (Å²) in [5, 5.41) is 8.04. The second-order valence-electron chi connectivity index (χ2n) is 4.83. The number of hydrogen-bond donors (Lipinski definition) is 2. The molecule has 0 saturated carbocycles. The molecule has 0 fully saturated rings. The Morgan fingerprint density at radius 2 is 1.79 bits per heavy atom. The van der Waals surface area contributed by atoms with Gasteiger partial charge in [-0.05, 0) is 30.3 Å². The molecule has 0 saturated heterocycles. The smallest absolute Gasteiger partial charge is 0.238 e. The fourth-order valence-electron chi connectivity index (χ4n) is 1.95. The number of aromatic nitrogens is 2. The molecule has 3 N–H and O–H groups in total. The van der Waals surface area contributed by atoms with Crippen LogP contribution in [0.25, 0.3) is 0 Å². The van der Waals surface area contributed by atoms with Crippen LogP contribution in [0.5, 0.6) is 11.6 Å². The molecule has 0 spiro atoms. The maximum atomic E-state index is 11.4. The molecule has 3 aromatic rings. The van der Waals surface area contributed by atoms with E-state index < -0.39 is 10.0 Å². The first-order chi connectivity index (χ1) is 11.5. The van der Waals surface area contributed by atoms with E-state index in [-0.39, 0.29) is 10.8 Å². The highest BCUT2D eigenvalue weighted by Gasteiger charge is 2.09. The van der Waals surface area contributed by atoms with Crippen molar-refractivity contribution < 1.29 is 13.2 Å². The number of nitrogens with one attached hydrogen (secondary N) is 1. The number of para-hydroxylation sites is 1. The molecular weight excluding hydrogens is 328 g/mol. The van der Waals surface area contributed by atoms with Crippen LogP contribution in [0, 0.1) is 0 Å². The molecule has 0 amide bonds. The molecular formula is C16H14N4O3S. The summed E-state index contributed by atoms with van der Waals surface area (Å²) in [7, 11) is -3.77. The fourth-order valence-corrected chi connectivity index (χ4v) is 2.51. The SMILES string of the molecule is NS(=O)(=O)c1cccc(Nc2nccc(Oc3ccccc3)n2)c1. The predicted molar refractivity (Wildman–Crippen MR) is 89.6 cm³/mol. The van der Waals surface area contributed by atoms with Crippen molar-refractivity contribution in [2.45, 2.75) is 4.90 Å². The molecule has 0 unspecified atom stereocenters. The molecule has 122 valence electrons. The summed E-state index contributed by atoms with van der Waals surface area (Å²) in [6, 6.07) is 16.9. The molecule has 0 radical (unpaired) electrons. The van der Waals surface area contributed by atoms with Gasteiger partial charge in [0.15, 0.2) is 0 Å². The minimum absolute atomic E-state index is 0.00388. The van der Waals surface area contributed by atoms with Crippen molar-refractivity contribution in [1.82, 2.24) is 9.97 Å². The zero-order chi connectivity index (χ0) is 17.0. The zero-order valence-electron chi connectivity index (χ0n) is 12.5. The van der Waals surface area contributed by atoms with E-state index in [1.807, 2.05) is 30.3 Å². The number of hydrogen-bond acceptors (Lipinski definition) is 6. The first-order valence-electron chi connectivity index (χ1n) is 6.96. The molecule has 0 aliphatic rings. The largest absolute Gasteiger partial charge is 0.439 e. The quantitative estimate of drug-likeness (QED) is 0.738. The monoisotopic (exact) mass is 342 g/mol. The fraction of sp³-hybridized carbons (Fsp3) is 0. The zero-order valence-corrected chi connectivity index (χ0v) is 13.3. The Balaban J connectivity index is 1.80. The number of nitrogens with two attached hydrogens (primary N) is 1. The number of ether oxygens (including phenoxy) is 1. The number of rotatable bonds is 5. The van der Waals surface area contributed by atoms with Crippen LogP contribution < -0.4 is 15.2 Å². The lowest BCUT2D eigenvalue weighted by atomic mass is 10.3. The van der Waals surface area contributed by atoms with E-state index in [9.17, 15) is 8.42 Å². The van der Waals surface area contributed by atoms with E-state index >= 15 is 0 Å². The summed E-state index contributed by atoms with van der Waals surface area (Å²) in [6.45, 7) is 0. The van der Waals surface area contributed by atoms with Crippen LogP contribution in [-0.2, 0) is 10.0 Å². The van der Waals surface area contributed by atoms with Gasteiger partial charge in [0.2, 0.25) is 21.9 Å². The molecule has 0 bridgehead atoms. The lowest BCUT2D eigenvalue weighted by Crippen LogP contribution is -2.12. The molecule has 2 aromatic carbocycles. The molecule has 24 heavy (non-hydrogen) atoms. The topological polar surface area (TPSA) is 107 Å². The molecule has 8 heteroatoms. The number of anilines is 2. The lowest BCUT2D eigenvalue weighted by Gasteiger charge is -2.08. The van der Waals surface area contributed by atoms with E-state index in [0.717, 1.165) is 0 Å². The van der Waals surface area contributed by atoms with E-state index in [1.165, 1.54) is 18.3 Å². The number of nitrogens with zero attached hydrogens (tertiary/aromatic N) is 2. The molecule has 1 heterocycles. The van der Waals surface area contributed by atoms with Crippen molar-refractivity contribution in [1.29, 1.82) is 0 Å². The van der Waals surface area contributed by atoms with Crippen LogP contribution in [0.2, 0.25) is 0 Å². The van der Waals surface area contributed by atoms with E-state index in [4.69, 9.17) is 9.88 Å². The minimum Gasteiger partial charge on any atom is -0.439 e. The van der Waals surface area contributed by atoms with Crippen molar-refractivity contribution in [2.75, 3.05) is 5.32 Å². The van der Waals surface area contributed by atoms with Crippen LogP contribution in [-0.4, -0.2) is 18.4 Å². The van der Waals surface area contributed by atoms with E-state index in [0.29, 0.717) is 17.3 Å². The highest BCUT2D eigenvalue weighted by molar-refractivity contribution is 7.89. The molecule has 0 aliphatic carbocycles. The predicted octanol–water partition coefficient (Wildman–Crippen LogP) is 2.66. The highest BCUT2D eigenvalue weighted by atomic mass is 32.2. The van der Waals surface area contributed by atoms with Gasteiger partial charge in [-0.1, -0.05) is 24.3 Å². The summed E-state index contributed by atoms with van der Waals surface area (Å²) in [4.78, 5) is 8.32. The Kier molecular flexibility index (Phi) is 4.41. The maximum absolute atomic E-state index is 11.4. The number of primary sulfonamides is 1. The van der Waals surface area contributed by atoms with Crippen molar-refractivity contribution in [3.63, 3.8) is 0 Å². The van der Waals surface area contributed by atoms with Gasteiger partial charge in [-0.25, -0.2) is 18.5 Å². The molecule has 3 rings (SSSR count). The normalized spacial score (nSPS) is 11.0. The molecule has 0 aliphatic heterocycles. The first-order valence-corrected chi connectivity index (χ1v) is 8.51. The standard InChI is InChI=1S/C16H14N4O3S/c17-24(21,22)14-8-4-5-12(11-14)19-16-18-10-9-15(20-16)23-13-6-2-1-3-7-13/h1-11H,(H2,17,21,22)(H,18,19,20). The van der Waals surface area contributed by atoms with Crippen LogP contribution in [0.15, 0.2) is 71.8 Å². The molecule has 0 atom stereocenters. The van der Waals surface area contributed by atoms with Gasteiger partial charge < -0.3 is 10.1 Å². The summed E-state index contributed by atoms with van der Waals surface area (Å²) in [6.07, 6.45) is 1.54. The Hall–Kier alpha value is -2.97. The van der Waals surface area contributed by atoms with Gasteiger partial charge in [-0.15, -0.1) is 0 Å². The third-order valence-corrected chi connectivity index (χ3v) is 3.93. The van der Waals surface area contributed by atoms with Crippen LogP contribution in [0.4, 0.5) is 11.6 Å². The highest BCUT2D eigenvalue weighted by Crippen LogP contribution is 2.21. The number of sulfonamides is 1. The Morgan fingerprint density at radius 3 is 2.54 bits per heavy atom. The van der Waals surface area contributed by atoms with Crippen molar-refractivity contribution in [3.8, 4) is 11.6 Å². The summed E-state index contributed by atoms with van der Waals surface area (Å²) < 4.78 is 28.4. The van der Waals surface area contributed by atoms with Crippen molar-refractivity contribution in [3.05, 3.63) is 66.9 Å². The van der Waals surface area contributed by atoms with Gasteiger partial charge in [0.25, 0.3) is 0 Å². The molecule has 1 aromatic heterocycles. The second kappa shape index (κ2) is 6.65. The average molecular weight is 342 g/mol. The van der Waals surface area contributed by atoms with Gasteiger partial charge in [0.1, 0.15) is 5.75 Å². The summed E-state index contributed by atoms with van der Waals surface area (Å²) in [5.41, 5.74) is 0.499. The van der Waals surface area contributed by atoms with E-state index in [1.54, 1.807) is 18.2 Å². The van der Waals surface area contributed by atoms with Gasteiger partial charge in [-0.3, -0.25) is 0 Å². The van der Waals surface area contributed by atoms with Crippen molar-refractivity contribution >= 4 is 21.7 Å². The molecule has 7 nitrogen and oxygen atoms in total. The minimum atomic E-state index is -3.77. The van der Waals surface area contributed by atoms with Crippen LogP contribution >= 0.6 is 0 Å². The average Bonchev–Trinajstić information content (AvgIpc) is 2.56. The third kappa shape index (κ3) is 4.06. The summed E-state index contributed by atoms with van der Waals surface area (Å²) in [5.74, 6) is 1.29. The van der Waals surface area contributed by atoms with Gasteiger partial charge in [-0.2, -0.15) is 4.98 Å². The lowest BCUT2D eigenvalue weighted by molar-refractivity contribution is 0.462. The van der Waals surface area contributed by atoms with Crippen LogP contribution in [0.3, 0.4) is 0 Å². The van der Waals surface area contributed by atoms with Gasteiger partial charge in [0, 0.05) is 18.0 Å². The maximum Gasteiger partial charge on any atom is 0.238 e. The second-order valence-corrected chi connectivity index (χ2v) is 6.39. The Morgan fingerprint density at radius 1 is 1.00 bits per heavy atom. The Labute approximate surface area is 139 Å². The Bertz CT molecular complexity index is 946. The summed E-state index contributed by atoms with van der Waals surface area (Å²) >= 11 is 0. The van der Waals surface area contributed by atoms with E-state index in [2.05, 4.69) is 15.3 Å². The van der Waals surface area contributed by atoms with Crippen molar-refractivity contribution in [2.24, 2.45) is 5.14 Å². The first kappa shape index (κ1) is 15.9. The number of benzene rings is 2.